The van der Waals surface area contributed by atoms with Crippen LogP contribution in [0.4, 0.5) is 0 Å². The van der Waals surface area contributed by atoms with Gasteiger partial charge in [-0.2, -0.15) is 0 Å². The Kier molecular flexibility index (Phi) is 3.56. The molecule has 24 heavy (non-hydrogen) atoms. The molecule has 0 unspecified atom stereocenters. The fraction of sp³-hybridized carbons (Fsp3) is 0. The summed E-state index contributed by atoms with van der Waals surface area (Å²) in [6.45, 7) is 0. The molecule has 0 aliphatic carbocycles. The molecule has 116 valence electrons. The van der Waals surface area contributed by atoms with Gasteiger partial charge in [0, 0.05) is 0 Å². The van der Waals surface area contributed by atoms with E-state index in [1.54, 1.807) is 0 Å². The molecule has 0 aliphatic heterocycles. The van der Waals surface area contributed by atoms with Crippen molar-refractivity contribution >= 4 is 17.3 Å². The molecule has 0 saturated carbocycles. The summed E-state index contributed by atoms with van der Waals surface area (Å²) in [4.78, 5) is 18.0. The normalized spacial score (nSPS) is 10.7. The molecule has 0 fully saturated rings. The summed E-state index contributed by atoms with van der Waals surface area (Å²) in [7, 11) is 0. The van der Waals surface area contributed by atoms with E-state index in [0.717, 1.165) is 39.9 Å². The van der Waals surface area contributed by atoms with Gasteiger partial charge >= 0.3 is 0 Å². The molecule has 4 aromatic rings. The number of nitrogens with one attached hydrogen (secondary N) is 1. The van der Waals surface area contributed by atoms with Crippen LogP contribution >= 0.6 is 0 Å². The van der Waals surface area contributed by atoms with Gasteiger partial charge in [-0.3, -0.25) is 4.79 Å². The first-order valence-electron chi connectivity index (χ1n) is 7.60. The zero-order valence-electron chi connectivity index (χ0n) is 12.8. The molecule has 0 spiro atoms. The predicted molar refractivity (Wildman–Crippen MR) is 93.4 cm³/mol. The van der Waals surface area contributed by atoms with Crippen molar-refractivity contribution in [2.75, 3.05) is 0 Å². The number of imidazole rings is 1. The number of hydrogen-bond acceptors (Lipinski definition) is 3. The topological polar surface area (TPSA) is 55.0 Å². The van der Waals surface area contributed by atoms with E-state index in [1.165, 1.54) is 0 Å². The number of para-hydroxylation sites is 1. The Hall–Kier alpha value is -3.40. The third kappa shape index (κ3) is 2.77. The minimum absolute atomic E-state index is 0.341. The minimum Gasteiger partial charge on any atom is -0.457 e. The summed E-state index contributed by atoms with van der Waals surface area (Å²) in [5.41, 5.74) is 3.75. The van der Waals surface area contributed by atoms with E-state index in [4.69, 9.17) is 4.74 Å². The van der Waals surface area contributed by atoms with Crippen molar-refractivity contribution in [1.82, 2.24) is 9.97 Å². The van der Waals surface area contributed by atoms with Crippen molar-refractivity contribution in [3.63, 3.8) is 0 Å². The number of aromatic nitrogens is 2. The van der Waals surface area contributed by atoms with Crippen LogP contribution < -0.4 is 4.74 Å². The molecule has 0 radical (unpaired) electrons. The number of benzene rings is 3. The lowest BCUT2D eigenvalue weighted by Crippen LogP contribution is -1.84. The second-order valence-electron chi connectivity index (χ2n) is 5.41. The molecule has 4 nitrogen and oxygen atoms in total. The van der Waals surface area contributed by atoms with Crippen LogP contribution in [0.25, 0.3) is 22.2 Å². The highest BCUT2D eigenvalue weighted by molar-refractivity contribution is 5.85. The van der Waals surface area contributed by atoms with Crippen LogP contribution in [0.5, 0.6) is 11.5 Å². The zero-order chi connectivity index (χ0) is 16.4. The number of hydrogen-bond donors (Lipinski definition) is 1. The van der Waals surface area contributed by atoms with Gasteiger partial charge in [-0.15, -0.1) is 0 Å². The maximum Gasteiger partial charge on any atom is 0.185 e. The number of aldehydes is 1. The van der Waals surface area contributed by atoms with Gasteiger partial charge in [0.1, 0.15) is 11.5 Å². The number of carbonyl (C=O) groups is 1. The Labute approximate surface area is 138 Å². The number of aromatic amines is 1. The minimum atomic E-state index is 0.341. The molecule has 4 heteroatoms. The van der Waals surface area contributed by atoms with Gasteiger partial charge in [-0.05, 0) is 47.5 Å². The number of H-pyrrole nitrogens is 1. The molecule has 1 N–H and O–H groups in total. The first kappa shape index (κ1) is 14.2. The first-order valence-corrected chi connectivity index (χ1v) is 7.60. The molecule has 0 amide bonds. The number of ether oxygens (including phenoxy) is 1. The number of carbonyl (C=O) groups excluding carboxylic acids is 1. The Morgan fingerprint density at radius 3 is 2.29 bits per heavy atom. The molecule has 0 saturated heterocycles. The largest absolute Gasteiger partial charge is 0.457 e. The summed E-state index contributed by atoms with van der Waals surface area (Å²) in [5.74, 6) is 1.94. The van der Waals surface area contributed by atoms with Crippen LogP contribution in [0.1, 0.15) is 10.6 Å². The molecule has 0 bridgehead atoms. The molecule has 1 heterocycles. The highest BCUT2D eigenvalue weighted by Gasteiger charge is 2.05. The van der Waals surface area contributed by atoms with Crippen LogP contribution in [0.3, 0.4) is 0 Å². The summed E-state index contributed by atoms with van der Waals surface area (Å²) >= 11 is 0. The Balaban J connectivity index is 1.61. The Bertz CT molecular complexity index is 989. The lowest BCUT2D eigenvalue weighted by Gasteiger charge is -2.07. The Morgan fingerprint density at radius 2 is 1.54 bits per heavy atom. The molecular formula is C20H14N2O2. The van der Waals surface area contributed by atoms with E-state index in [2.05, 4.69) is 9.97 Å². The number of nitrogens with zero attached hydrogens (tertiary/aromatic N) is 1. The summed E-state index contributed by atoms with van der Waals surface area (Å²) in [5, 5.41) is 0. The van der Waals surface area contributed by atoms with E-state index >= 15 is 0 Å². The van der Waals surface area contributed by atoms with Gasteiger partial charge in [0.25, 0.3) is 0 Å². The lowest BCUT2D eigenvalue weighted by atomic mass is 10.1. The van der Waals surface area contributed by atoms with Gasteiger partial charge in [0.2, 0.25) is 0 Å². The highest BCUT2D eigenvalue weighted by Crippen LogP contribution is 2.27. The molecule has 1 aromatic heterocycles. The molecular weight excluding hydrogens is 300 g/mol. The van der Waals surface area contributed by atoms with Crippen molar-refractivity contribution in [3.8, 4) is 22.6 Å². The van der Waals surface area contributed by atoms with Gasteiger partial charge in [0.15, 0.2) is 12.1 Å². The summed E-state index contributed by atoms with van der Waals surface area (Å²) in [6, 6.07) is 23.5. The van der Waals surface area contributed by atoms with Crippen LogP contribution in [0.2, 0.25) is 0 Å². The van der Waals surface area contributed by atoms with E-state index < -0.39 is 0 Å². The Morgan fingerprint density at radius 1 is 0.833 bits per heavy atom. The lowest BCUT2D eigenvalue weighted by molar-refractivity contribution is 0.111. The quantitative estimate of drug-likeness (QED) is 0.549. The van der Waals surface area contributed by atoms with Gasteiger partial charge in [-0.25, -0.2) is 4.98 Å². The average Bonchev–Trinajstić information content (AvgIpc) is 3.05. The third-order valence-electron chi connectivity index (χ3n) is 3.78. The highest BCUT2D eigenvalue weighted by atomic mass is 16.5. The number of fused-ring (bicyclic) bond motifs is 1. The van der Waals surface area contributed by atoms with Crippen molar-refractivity contribution < 1.29 is 9.53 Å². The molecule has 0 atom stereocenters. The van der Waals surface area contributed by atoms with Crippen molar-refractivity contribution in [1.29, 1.82) is 0 Å². The average molecular weight is 314 g/mol. The molecule has 4 rings (SSSR count). The molecule has 3 aromatic carbocycles. The van der Waals surface area contributed by atoms with Crippen LogP contribution in [0.15, 0.2) is 72.8 Å². The van der Waals surface area contributed by atoms with Crippen molar-refractivity contribution in [3.05, 3.63) is 78.6 Å². The van der Waals surface area contributed by atoms with Crippen molar-refractivity contribution in [2.45, 2.75) is 0 Å². The fourth-order valence-electron chi connectivity index (χ4n) is 2.60. The monoisotopic (exact) mass is 314 g/mol. The second-order valence-corrected chi connectivity index (χ2v) is 5.41. The zero-order valence-corrected chi connectivity index (χ0v) is 12.8. The smallest absolute Gasteiger partial charge is 0.185 e. The first-order chi connectivity index (χ1) is 11.8. The van der Waals surface area contributed by atoms with Gasteiger partial charge < -0.3 is 9.72 Å². The predicted octanol–water partition coefficient (Wildman–Crippen LogP) is 4.83. The summed E-state index contributed by atoms with van der Waals surface area (Å²) < 4.78 is 5.80. The fourth-order valence-corrected chi connectivity index (χ4v) is 2.60. The maximum atomic E-state index is 10.8. The van der Waals surface area contributed by atoms with E-state index in [9.17, 15) is 4.79 Å². The second kappa shape index (κ2) is 6.01. The maximum absolute atomic E-state index is 10.8. The van der Waals surface area contributed by atoms with Gasteiger partial charge in [-0.1, -0.05) is 36.4 Å². The van der Waals surface area contributed by atoms with Crippen molar-refractivity contribution in [2.24, 2.45) is 0 Å². The van der Waals surface area contributed by atoms with Gasteiger partial charge in [0.05, 0.1) is 11.0 Å². The standard InChI is InChI=1S/C20H14N2O2/c23-13-20-21-18-11-8-15(12-19(18)22-20)14-6-9-17(10-7-14)24-16-4-2-1-3-5-16/h1-13H,(H,21,22). The van der Waals surface area contributed by atoms with E-state index in [1.807, 2.05) is 72.8 Å². The van der Waals surface area contributed by atoms with Crippen LogP contribution in [0, 0.1) is 0 Å². The van der Waals surface area contributed by atoms with E-state index in [-0.39, 0.29) is 0 Å². The third-order valence-corrected chi connectivity index (χ3v) is 3.78. The summed E-state index contributed by atoms with van der Waals surface area (Å²) in [6.07, 6.45) is 0.718. The van der Waals surface area contributed by atoms with Crippen LogP contribution in [-0.4, -0.2) is 16.3 Å². The number of rotatable bonds is 4. The van der Waals surface area contributed by atoms with Crippen LogP contribution in [-0.2, 0) is 0 Å². The SMILES string of the molecule is O=Cc1nc2ccc(-c3ccc(Oc4ccccc4)cc3)cc2[nH]1. The molecule has 0 aliphatic rings. The van der Waals surface area contributed by atoms with E-state index in [0.29, 0.717) is 5.82 Å².